The van der Waals surface area contributed by atoms with Gasteiger partial charge in [0.25, 0.3) is 0 Å². The molecule has 1 fully saturated rings. The van der Waals surface area contributed by atoms with E-state index in [4.69, 9.17) is 23.2 Å². The van der Waals surface area contributed by atoms with E-state index in [1.54, 1.807) is 0 Å². The first-order valence-electron chi connectivity index (χ1n) is 9.80. The van der Waals surface area contributed by atoms with Gasteiger partial charge in [-0.2, -0.15) is 0 Å². The van der Waals surface area contributed by atoms with Gasteiger partial charge in [0.15, 0.2) is 5.78 Å². The summed E-state index contributed by atoms with van der Waals surface area (Å²) in [7, 11) is 0. The molecule has 0 saturated carbocycles. The molecule has 0 amide bonds. The van der Waals surface area contributed by atoms with Crippen molar-refractivity contribution < 1.29 is 4.79 Å². The van der Waals surface area contributed by atoms with E-state index >= 15 is 0 Å². The van der Waals surface area contributed by atoms with Gasteiger partial charge in [0.2, 0.25) is 0 Å². The fraction of sp³-hybridized carbons (Fsp3) is 0.115. The zero-order chi connectivity index (χ0) is 20.9. The van der Waals surface area contributed by atoms with Crippen molar-refractivity contribution in [1.82, 2.24) is 4.90 Å². The highest BCUT2D eigenvalue weighted by Crippen LogP contribution is 2.24. The summed E-state index contributed by atoms with van der Waals surface area (Å²) in [5, 5.41) is 1.36. The van der Waals surface area contributed by atoms with Gasteiger partial charge in [0, 0.05) is 40.8 Å². The first kappa shape index (κ1) is 20.6. The van der Waals surface area contributed by atoms with Crippen molar-refractivity contribution in [2.75, 3.05) is 13.1 Å². The number of piperidine rings is 1. The summed E-state index contributed by atoms with van der Waals surface area (Å²) in [5.74, 6) is 0.0872. The monoisotopic (exact) mass is 433 g/mol. The fourth-order valence-corrected chi connectivity index (χ4v) is 3.84. The van der Waals surface area contributed by atoms with Crippen LogP contribution in [0.3, 0.4) is 0 Å². The van der Waals surface area contributed by atoms with Crippen LogP contribution in [-0.2, 0) is 11.3 Å². The number of hydrogen-bond acceptors (Lipinski definition) is 2. The van der Waals surface area contributed by atoms with E-state index in [1.807, 2.05) is 78.9 Å². The van der Waals surface area contributed by atoms with Crippen LogP contribution in [-0.4, -0.2) is 23.8 Å². The first-order chi connectivity index (χ1) is 14.6. The van der Waals surface area contributed by atoms with E-state index in [1.165, 1.54) is 5.56 Å². The molecule has 4 heteroatoms. The van der Waals surface area contributed by atoms with Crippen molar-refractivity contribution in [3.63, 3.8) is 0 Å². The summed E-state index contributed by atoms with van der Waals surface area (Å²) in [6.07, 6.45) is 3.93. The number of likely N-dealkylation sites (tertiary alicyclic amines) is 1. The summed E-state index contributed by atoms with van der Waals surface area (Å²) in [5.41, 5.74) is 4.72. The molecule has 0 unspecified atom stereocenters. The molecule has 0 N–H and O–H groups in total. The van der Waals surface area contributed by atoms with Gasteiger partial charge in [0.05, 0.1) is 0 Å². The van der Waals surface area contributed by atoms with E-state index in [9.17, 15) is 4.79 Å². The van der Waals surface area contributed by atoms with E-state index in [-0.39, 0.29) is 5.78 Å². The minimum atomic E-state index is 0.0872. The third-order valence-electron chi connectivity index (χ3n) is 5.04. The summed E-state index contributed by atoms with van der Waals surface area (Å²) >= 11 is 12.0. The van der Waals surface area contributed by atoms with Gasteiger partial charge >= 0.3 is 0 Å². The summed E-state index contributed by atoms with van der Waals surface area (Å²) in [4.78, 5) is 15.5. The lowest BCUT2D eigenvalue weighted by atomic mass is 9.94. The SMILES string of the molecule is O=C1C(=Cc2ccc(Cl)cc2)CN(Cc2ccccc2)CC1=Cc1ccc(Cl)cc1. The Hall–Kier alpha value is -2.65. The lowest BCUT2D eigenvalue weighted by molar-refractivity contribution is -0.113. The van der Waals surface area contributed by atoms with Crippen LogP contribution in [0.15, 0.2) is 90.0 Å². The second-order valence-electron chi connectivity index (χ2n) is 7.40. The minimum absolute atomic E-state index is 0.0872. The van der Waals surface area contributed by atoms with Crippen LogP contribution in [0.25, 0.3) is 12.2 Å². The Morgan fingerprint density at radius 2 is 1.17 bits per heavy atom. The Morgan fingerprint density at radius 3 is 1.63 bits per heavy atom. The molecule has 0 spiro atoms. The number of carbonyl (C=O) groups is 1. The standard InChI is InChI=1S/C26H21Cl2NO/c27-24-10-6-19(7-11-24)14-22-17-29(16-21-4-2-1-3-5-21)18-23(26(22)30)15-20-8-12-25(28)13-9-20/h1-15H,16-18H2. The zero-order valence-corrected chi connectivity index (χ0v) is 17.9. The smallest absolute Gasteiger partial charge is 0.187 e. The number of benzene rings is 3. The highest BCUT2D eigenvalue weighted by molar-refractivity contribution is 6.30. The van der Waals surface area contributed by atoms with E-state index in [0.717, 1.165) is 28.8 Å². The molecule has 2 nitrogen and oxygen atoms in total. The van der Waals surface area contributed by atoms with Crippen LogP contribution in [0.1, 0.15) is 16.7 Å². The Balaban J connectivity index is 1.67. The molecular formula is C26H21Cl2NO. The molecule has 4 rings (SSSR count). The number of rotatable bonds is 4. The largest absolute Gasteiger partial charge is 0.290 e. The highest BCUT2D eigenvalue weighted by Gasteiger charge is 2.26. The number of nitrogens with zero attached hydrogens (tertiary/aromatic N) is 1. The molecule has 0 radical (unpaired) electrons. The van der Waals surface area contributed by atoms with Crippen LogP contribution in [0, 0.1) is 0 Å². The molecule has 3 aromatic carbocycles. The molecule has 0 bridgehead atoms. The normalized spacial score (nSPS) is 17.6. The maximum Gasteiger partial charge on any atom is 0.187 e. The average molecular weight is 434 g/mol. The van der Waals surface area contributed by atoms with Crippen LogP contribution < -0.4 is 0 Å². The van der Waals surface area contributed by atoms with Gasteiger partial charge in [-0.25, -0.2) is 0 Å². The number of ketones is 1. The predicted octanol–water partition coefficient (Wildman–Crippen LogP) is 6.55. The maximum absolute atomic E-state index is 13.3. The number of carbonyl (C=O) groups excluding carboxylic acids is 1. The van der Waals surface area contributed by atoms with Crippen molar-refractivity contribution in [2.24, 2.45) is 0 Å². The summed E-state index contributed by atoms with van der Waals surface area (Å²) in [6, 6.07) is 25.4. The summed E-state index contributed by atoms with van der Waals surface area (Å²) < 4.78 is 0. The Labute approximate surface area is 187 Å². The van der Waals surface area contributed by atoms with E-state index < -0.39 is 0 Å². The minimum Gasteiger partial charge on any atom is -0.290 e. The number of hydrogen-bond donors (Lipinski definition) is 0. The molecule has 3 aromatic rings. The molecule has 1 aliphatic rings. The lowest BCUT2D eigenvalue weighted by Gasteiger charge is -2.30. The zero-order valence-electron chi connectivity index (χ0n) is 16.4. The van der Waals surface area contributed by atoms with Gasteiger partial charge in [-0.15, -0.1) is 0 Å². The molecule has 1 saturated heterocycles. The Morgan fingerprint density at radius 1 is 0.700 bits per heavy atom. The third-order valence-corrected chi connectivity index (χ3v) is 5.55. The molecule has 150 valence electrons. The average Bonchev–Trinajstić information content (AvgIpc) is 2.75. The van der Waals surface area contributed by atoms with Crippen molar-refractivity contribution in [2.45, 2.75) is 6.54 Å². The van der Waals surface area contributed by atoms with Gasteiger partial charge in [0.1, 0.15) is 0 Å². The van der Waals surface area contributed by atoms with Gasteiger partial charge in [-0.1, -0.05) is 77.8 Å². The lowest BCUT2D eigenvalue weighted by Crippen LogP contribution is -2.37. The van der Waals surface area contributed by atoms with E-state index in [2.05, 4.69) is 17.0 Å². The van der Waals surface area contributed by atoms with Crippen molar-refractivity contribution in [3.05, 3.63) is 117 Å². The molecule has 1 heterocycles. The van der Waals surface area contributed by atoms with E-state index in [0.29, 0.717) is 23.1 Å². The number of Topliss-reactive ketones (excluding diaryl/α,β-unsaturated/α-hetero) is 1. The van der Waals surface area contributed by atoms with Crippen LogP contribution in [0.4, 0.5) is 0 Å². The van der Waals surface area contributed by atoms with Crippen LogP contribution in [0.5, 0.6) is 0 Å². The summed E-state index contributed by atoms with van der Waals surface area (Å²) in [6.45, 7) is 1.99. The highest BCUT2D eigenvalue weighted by atomic mass is 35.5. The van der Waals surface area contributed by atoms with Crippen molar-refractivity contribution >= 4 is 41.1 Å². The molecule has 30 heavy (non-hydrogen) atoms. The molecule has 0 aromatic heterocycles. The Kier molecular flexibility index (Phi) is 6.49. The first-order valence-corrected chi connectivity index (χ1v) is 10.6. The maximum atomic E-state index is 13.3. The van der Waals surface area contributed by atoms with Crippen molar-refractivity contribution in [3.8, 4) is 0 Å². The van der Waals surface area contributed by atoms with Gasteiger partial charge in [-0.05, 0) is 53.1 Å². The van der Waals surface area contributed by atoms with Crippen molar-refractivity contribution in [1.29, 1.82) is 0 Å². The van der Waals surface area contributed by atoms with Crippen LogP contribution >= 0.6 is 23.2 Å². The molecule has 0 atom stereocenters. The quantitative estimate of drug-likeness (QED) is 0.435. The number of halogens is 2. The molecule has 1 aliphatic heterocycles. The fourth-order valence-electron chi connectivity index (χ4n) is 3.58. The second-order valence-corrected chi connectivity index (χ2v) is 8.28. The van der Waals surface area contributed by atoms with Gasteiger partial charge < -0.3 is 0 Å². The topological polar surface area (TPSA) is 20.3 Å². The van der Waals surface area contributed by atoms with Gasteiger partial charge in [-0.3, -0.25) is 9.69 Å². The third kappa shape index (κ3) is 5.28. The van der Waals surface area contributed by atoms with Crippen LogP contribution in [0.2, 0.25) is 10.0 Å². The molecule has 0 aliphatic carbocycles. The Bertz CT molecular complexity index is 1020. The second kappa shape index (κ2) is 9.44. The predicted molar refractivity (Wildman–Crippen MR) is 126 cm³/mol. The molecular weight excluding hydrogens is 413 g/mol.